The molecule has 1 aliphatic rings. The predicted octanol–water partition coefficient (Wildman–Crippen LogP) is 5.74. The molecule has 2 nitrogen and oxygen atoms in total. The first-order chi connectivity index (χ1) is 10.1. The van der Waals surface area contributed by atoms with Crippen molar-refractivity contribution in [3.05, 3.63) is 11.6 Å². The van der Waals surface area contributed by atoms with Crippen molar-refractivity contribution < 1.29 is 9.22 Å². The van der Waals surface area contributed by atoms with Crippen LogP contribution < -0.4 is 0 Å². The van der Waals surface area contributed by atoms with Crippen molar-refractivity contribution in [3.63, 3.8) is 0 Å². The number of ketones is 1. The SMILES string of the molecule is CC1=CC[C@H]([C@H](C)CO[Si](C(C)C)(C(C)C)C(C)C)CC1=O. The maximum atomic E-state index is 11.9. The summed E-state index contributed by atoms with van der Waals surface area (Å²) >= 11 is 0. The van der Waals surface area contributed by atoms with E-state index in [0.717, 1.165) is 18.6 Å². The van der Waals surface area contributed by atoms with E-state index in [-0.39, 0.29) is 0 Å². The predicted molar refractivity (Wildman–Crippen MR) is 97.7 cm³/mol. The van der Waals surface area contributed by atoms with Gasteiger partial charge in [0.25, 0.3) is 0 Å². The Bertz CT molecular complexity index is 388. The van der Waals surface area contributed by atoms with Gasteiger partial charge in [0.15, 0.2) is 14.1 Å². The maximum absolute atomic E-state index is 11.9. The molecule has 0 N–H and O–H groups in total. The van der Waals surface area contributed by atoms with Crippen molar-refractivity contribution in [2.24, 2.45) is 11.8 Å². The van der Waals surface area contributed by atoms with Gasteiger partial charge < -0.3 is 4.43 Å². The molecular weight excluding hydrogens is 288 g/mol. The Morgan fingerprint density at radius 2 is 1.59 bits per heavy atom. The fourth-order valence-corrected chi connectivity index (χ4v) is 9.82. The number of allylic oxidation sites excluding steroid dienone is 2. The van der Waals surface area contributed by atoms with Crippen LogP contribution in [0.3, 0.4) is 0 Å². The number of hydrogen-bond acceptors (Lipinski definition) is 2. The van der Waals surface area contributed by atoms with Gasteiger partial charge in [-0.2, -0.15) is 0 Å². The van der Waals surface area contributed by atoms with Crippen LogP contribution in [0.5, 0.6) is 0 Å². The second-order valence-electron chi connectivity index (χ2n) is 8.12. The van der Waals surface area contributed by atoms with Crippen LogP contribution in [-0.4, -0.2) is 20.7 Å². The van der Waals surface area contributed by atoms with E-state index >= 15 is 0 Å². The third-order valence-corrected chi connectivity index (χ3v) is 11.8. The van der Waals surface area contributed by atoms with Crippen molar-refractivity contribution in [1.82, 2.24) is 0 Å². The van der Waals surface area contributed by atoms with E-state index < -0.39 is 8.32 Å². The first-order valence-electron chi connectivity index (χ1n) is 8.96. The molecule has 0 fully saturated rings. The fourth-order valence-electron chi connectivity index (χ4n) is 4.27. The molecule has 0 saturated carbocycles. The normalized spacial score (nSPS) is 21.7. The van der Waals surface area contributed by atoms with Gasteiger partial charge in [-0.3, -0.25) is 4.79 Å². The summed E-state index contributed by atoms with van der Waals surface area (Å²) < 4.78 is 6.70. The van der Waals surface area contributed by atoms with Crippen LogP contribution in [0.2, 0.25) is 16.6 Å². The molecule has 3 heteroatoms. The Balaban J connectivity index is 2.75. The van der Waals surface area contributed by atoms with Gasteiger partial charge in [0.05, 0.1) is 0 Å². The molecule has 1 rings (SSSR count). The van der Waals surface area contributed by atoms with Gasteiger partial charge in [-0.05, 0) is 47.4 Å². The number of rotatable bonds is 7. The molecule has 0 aromatic heterocycles. The van der Waals surface area contributed by atoms with Crippen LogP contribution in [0, 0.1) is 11.8 Å². The minimum Gasteiger partial charge on any atom is -0.416 e. The lowest BCUT2D eigenvalue weighted by atomic mass is 9.81. The monoisotopic (exact) mass is 324 g/mol. The molecule has 22 heavy (non-hydrogen) atoms. The maximum Gasteiger partial charge on any atom is 0.200 e. The van der Waals surface area contributed by atoms with Gasteiger partial charge >= 0.3 is 0 Å². The number of carbonyl (C=O) groups excluding carboxylic acids is 1. The van der Waals surface area contributed by atoms with Gasteiger partial charge in [-0.15, -0.1) is 0 Å². The standard InChI is InChI=1S/C19H36O2Si/c1-13(2)22(14(3)4,15(5)6)21-12-17(8)18-10-9-16(7)19(20)11-18/h9,13-15,17-18H,10-12H2,1-8H3/t17-,18+/m1/s1. The molecule has 0 heterocycles. The highest BCUT2D eigenvalue weighted by atomic mass is 28.4. The Labute approximate surface area is 138 Å². The molecule has 1 aliphatic carbocycles. The van der Waals surface area contributed by atoms with Crippen LogP contribution in [0.4, 0.5) is 0 Å². The average Bonchev–Trinajstić information content (AvgIpc) is 2.41. The van der Waals surface area contributed by atoms with E-state index in [0.29, 0.717) is 40.7 Å². The van der Waals surface area contributed by atoms with Crippen LogP contribution in [0.1, 0.15) is 68.2 Å². The highest BCUT2D eigenvalue weighted by Gasteiger charge is 2.45. The first-order valence-corrected chi connectivity index (χ1v) is 11.1. The largest absolute Gasteiger partial charge is 0.416 e. The van der Waals surface area contributed by atoms with E-state index in [2.05, 4.69) is 54.5 Å². The average molecular weight is 325 g/mol. The third kappa shape index (κ3) is 4.11. The van der Waals surface area contributed by atoms with Crippen LogP contribution in [0.25, 0.3) is 0 Å². The topological polar surface area (TPSA) is 26.3 Å². The van der Waals surface area contributed by atoms with E-state index in [1.807, 2.05) is 6.92 Å². The molecule has 0 bridgehead atoms. The van der Waals surface area contributed by atoms with Gasteiger partial charge in [0.2, 0.25) is 0 Å². The van der Waals surface area contributed by atoms with Crippen LogP contribution in [0.15, 0.2) is 11.6 Å². The number of carbonyl (C=O) groups is 1. The molecule has 0 spiro atoms. The molecule has 0 amide bonds. The molecule has 0 saturated heterocycles. The Morgan fingerprint density at radius 1 is 1.09 bits per heavy atom. The summed E-state index contributed by atoms with van der Waals surface area (Å²) in [5.41, 5.74) is 2.80. The minimum atomic E-state index is -1.78. The lowest BCUT2D eigenvalue weighted by Gasteiger charge is -2.43. The summed E-state index contributed by atoms with van der Waals surface area (Å²) in [6.45, 7) is 19.0. The lowest BCUT2D eigenvalue weighted by molar-refractivity contribution is -0.117. The molecule has 0 aliphatic heterocycles. The number of Topliss-reactive ketones (excluding diaryl/α,β-unsaturated/α-hetero) is 1. The van der Waals surface area contributed by atoms with Crippen LogP contribution in [-0.2, 0) is 9.22 Å². The van der Waals surface area contributed by atoms with Crippen molar-refractivity contribution >= 4 is 14.1 Å². The number of hydrogen-bond donors (Lipinski definition) is 0. The minimum absolute atomic E-state index is 0.322. The molecule has 0 unspecified atom stereocenters. The van der Waals surface area contributed by atoms with E-state index in [1.165, 1.54) is 0 Å². The molecule has 0 aromatic carbocycles. The smallest absolute Gasteiger partial charge is 0.200 e. The highest BCUT2D eigenvalue weighted by molar-refractivity contribution is 6.77. The lowest BCUT2D eigenvalue weighted by Crippen LogP contribution is -2.48. The van der Waals surface area contributed by atoms with Crippen molar-refractivity contribution in [1.29, 1.82) is 0 Å². The molecule has 0 aromatic rings. The molecular formula is C19H36O2Si. The Morgan fingerprint density at radius 3 is 2.00 bits per heavy atom. The van der Waals surface area contributed by atoms with Crippen LogP contribution >= 0.6 is 0 Å². The summed E-state index contributed by atoms with van der Waals surface area (Å²) in [6, 6.07) is 0. The zero-order valence-electron chi connectivity index (χ0n) is 15.9. The second-order valence-corrected chi connectivity index (χ2v) is 13.6. The quantitative estimate of drug-likeness (QED) is 0.558. The van der Waals surface area contributed by atoms with Crippen molar-refractivity contribution in [3.8, 4) is 0 Å². The first kappa shape index (κ1) is 19.6. The van der Waals surface area contributed by atoms with Gasteiger partial charge in [0, 0.05) is 13.0 Å². The molecule has 0 radical (unpaired) electrons. The van der Waals surface area contributed by atoms with E-state index in [4.69, 9.17) is 4.43 Å². The van der Waals surface area contributed by atoms with Gasteiger partial charge in [-0.25, -0.2) is 0 Å². The Kier molecular flexibility index (Phi) is 7.06. The molecule has 2 atom stereocenters. The van der Waals surface area contributed by atoms with E-state index in [9.17, 15) is 4.79 Å². The summed E-state index contributed by atoms with van der Waals surface area (Å²) in [6.07, 6.45) is 3.85. The van der Waals surface area contributed by atoms with Gasteiger partial charge in [-0.1, -0.05) is 54.5 Å². The summed E-state index contributed by atoms with van der Waals surface area (Å²) in [7, 11) is -1.78. The highest BCUT2D eigenvalue weighted by Crippen LogP contribution is 2.43. The second kappa shape index (κ2) is 7.92. The molecule has 128 valence electrons. The van der Waals surface area contributed by atoms with E-state index in [1.54, 1.807) is 0 Å². The summed E-state index contributed by atoms with van der Waals surface area (Å²) in [5, 5.41) is 0. The zero-order chi connectivity index (χ0) is 17.1. The summed E-state index contributed by atoms with van der Waals surface area (Å²) in [4.78, 5) is 11.9. The zero-order valence-corrected chi connectivity index (χ0v) is 16.9. The van der Waals surface area contributed by atoms with Crippen molar-refractivity contribution in [2.75, 3.05) is 6.61 Å². The third-order valence-electron chi connectivity index (χ3n) is 5.72. The summed E-state index contributed by atoms with van der Waals surface area (Å²) in [5.74, 6) is 1.23. The Hall–Kier alpha value is -0.413. The van der Waals surface area contributed by atoms with Crippen molar-refractivity contribution in [2.45, 2.75) is 84.9 Å². The fraction of sp³-hybridized carbons (Fsp3) is 0.842. The van der Waals surface area contributed by atoms with Gasteiger partial charge in [0.1, 0.15) is 0 Å².